The molecule has 0 unspecified atom stereocenters. The number of rotatable bonds is 8. The lowest BCUT2D eigenvalue weighted by atomic mass is 10.1. The molecule has 1 heterocycles. The van der Waals surface area contributed by atoms with Crippen LogP contribution in [0.4, 0.5) is 4.39 Å². The van der Waals surface area contributed by atoms with Crippen molar-refractivity contribution in [2.24, 2.45) is 0 Å². The lowest BCUT2D eigenvalue weighted by molar-refractivity contribution is -0.155. The highest BCUT2D eigenvalue weighted by Gasteiger charge is 2.35. The Morgan fingerprint density at radius 3 is 2.57 bits per heavy atom. The van der Waals surface area contributed by atoms with Gasteiger partial charge in [-0.1, -0.05) is 42.5 Å². The summed E-state index contributed by atoms with van der Waals surface area (Å²) in [7, 11) is 0. The highest BCUT2D eigenvalue weighted by molar-refractivity contribution is 5.94. The van der Waals surface area contributed by atoms with E-state index in [9.17, 15) is 14.0 Å². The molecule has 0 radical (unpaired) electrons. The maximum atomic E-state index is 13.4. The van der Waals surface area contributed by atoms with Gasteiger partial charge in [-0.25, -0.2) is 4.39 Å². The molecule has 1 aliphatic rings. The molecule has 6 heteroatoms. The first-order valence-corrected chi connectivity index (χ1v) is 9.49. The molecule has 0 aliphatic carbocycles. The second-order valence-electron chi connectivity index (χ2n) is 6.98. The predicted molar refractivity (Wildman–Crippen MR) is 104 cm³/mol. The summed E-state index contributed by atoms with van der Waals surface area (Å²) in [6, 6.07) is 15.5. The van der Waals surface area contributed by atoms with E-state index in [2.05, 4.69) is 0 Å². The second kappa shape index (κ2) is 9.46. The number of amides is 2. The molecule has 2 aromatic carbocycles. The second-order valence-corrected chi connectivity index (χ2v) is 6.98. The molecule has 148 valence electrons. The molecule has 28 heavy (non-hydrogen) atoms. The quantitative estimate of drug-likeness (QED) is 0.658. The van der Waals surface area contributed by atoms with E-state index in [1.54, 1.807) is 24.0 Å². The summed E-state index contributed by atoms with van der Waals surface area (Å²) in [5.41, 5.74) is 1.78. The van der Waals surface area contributed by atoms with E-state index in [0.717, 1.165) is 5.56 Å². The average Bonchev–Trinajstić information content (AvgIpc) is 2.69. The monoisotopic (exact) mass is 384 g/mol. The molecule has 0 N–H and O–H groups in total. The van der Waals surface area contributed by atoms with E-state index in [1.165, 1.54) is 17.0 Å². The minimum absolute atomic E-state index is 0.0184. The van der Waals surface area contributed by atoms with Gasteiger partial charge in [0.2, 0.25) is 11.8 Å². The van der Waals surface area contributed by atoms with Crippen LogP contribution < -0.4 is 0 Å². The minimum Gasteiger partial charge on any atom is -0.377 e. The van der Waals surface area contributed by atoms with Gasteiger partial charge in [-0.05, 0) is 36.6 Å². The van der Waals surface area contributed by atoms with Crippen molar-refractivity contribution in [3.63, 3.8) is 0 Å². The largest absolute Gasteiger partial charge is 0.377 e. The number of halogens is 1. The fourth-order valence-corrected chi connectivity index (χ4v) is 3.35. The highest BCUT2D eigenvalue weighted by atomic mass is 19.1. The summed E-state index contributed by atoms with van der Waals surface area (Å²) >= 11 is 0. The Kier molecular flexibility index (Phi) is 6.76. The topological polar surface area (TPSA) is 49.9 Å². The molecule has 5 nitrogen and oxygen atoms in total. The molecule has 0 bridgehead atoms. The molecule has 3 rings (SSSR count). The Labute approximate surface area is 164 Å². The van der Waals surface area contributed by atoms with Gasteiger partial charge in [0.1, 0.15) is 18.4 Å². The van der Waals surface area contributed by atoms with Gasteiger partial charge < -0.3 is 14.5 Å². The predicted octanol–water partition coefficient (Wildman–Crippen LogP) is 2.99. The van der Waals surface area contributed by atoms with Crippen molar-refractivity contribution in [3.05, 3.63) is 71.5 Å². The first-order valence-electron chi connectivity index (χ1n) is 9.49. The van der Waals surface area contributed by atoms with E-state index in [4.69, 9.17) is 4.74 Å². The molecular weight excluding hydrogens is 359 g/mol. The number of ether oxygens (including phenoxy) is 1. The molecule has 1 atom stereocenters. The van der Waals surface area contributed by atoms with Crippen LogP contribution in [0.5, 0.6) is 0 Å². The van der Waals surface area contributed by atoms with Gasteiger partial charge in [0.05, 0.1) is 6.61 Å². The van der Waals surface area contributed by atoms with Crippen LogP contribution in [-0.2, 0) is 27.5 Å². The molecule has 1 aliphatic heterocycles. The van der Waals surface area contributed by atoms with Crippen LogP contribution in [0, 0.1) is 5.82 Å². The van der Waals surface area contributed by atoms with Crippen LogP contribution in [-0.4, -0.2) is 47.4 Å². The lowest BCUT2D eigenvalue weighted by Gasteiger charge is -2.38. The van der Waals surface area contributed by atoms with Crippen LogP contribution in [0.1, 0.15) is 24.5 Å². The molecule has 0 aromatic heterocycles. The van der Waals surface area contributed by atoms with Crippen molar-refractivity contribution in [3.8, 4) is 0 Å². The first-order chi connectivity index (χ1) is 13.5. The van der Waals surface area contributed by atoms with Gasteiger partial charge in [0.25, 0.3) is 0 Å². The first kappa shape index (κ1) is 20.0. The van der Waals surface area contributed by atoms with Gasteiger partial charge in [-0.3, -0.25) is 9.59 Å². The third-order valence-corrected chi connectivity index (χ3v) is 4.84. The number of nitrogens with zero attached hydrogens (tertiary/aromatic N) is 2. The third kappa shape index (κ3) is 5.16. The normalized spacial score (nSPS) is 17.3. The maximum Gasteiger partial charge on any atom is 0.245 e. The molecule has 0 spiro atoms. The zero-order valence-electron chi connectivity index (χ0n) is 16.0. The minimum atomic E-state index is -0.524. The molecular formula is C22H25FN2O3. The molecule has 1 saturated heterocycles. The summed E-state index contributed by atoms with van der Waals surface area (Å²) in [5, 5.41) is 0. The number of carbonyl (C=O) groups excluding carboxylic acids is 2. The van der Waals surface area contributed by atoms with Crippen molar-refractivity contribution in [1.29, 1.82) is 0 Å². The Morgan fingerprint density at radius 2 is 1.82 bits per heavy atom. The van der Waals surface area contributed by atoms with E-state index in [-0.39, 0.29) is 30.7 Å². The summed E-state index contributed by atoms with van der Waals surface area (Å²) < 4.78 is 19.0. The Hall–Kier alpha value is -2.73. The van der Waals surface area contributed by atoms with Crippen molar-refractivity contribution in [2.45, 2.75) is 32.5 Å². The van der Waals surface area contributed by atoms with Gasteiger partial charge in [0.15, 0.2) is 0 Å². The van der Waals surface area contributed by atoms with Gasteiger partial charge in [-0.2, -0.15) is 0 Å². The fourth-order valence-electron chi connectivity index (χ4n) is 3.35. The van der Waals surface area contributed by atoms with E-state index < -0.39 is 6.04 Å². The van der Waals surface area contributed by atoms with Crippen LogP contribution in [0.2, 0.25) is 0 Å². The Balaban J connectivity index is 1.46. The number of hydrogen-bond donors (Lipinski definition) is 0. The van der Waals surface area contributed by atoms with Crippen molar-refractivity contribution in [1.82, 2.24) is 9.80 Å². The van der Waals surface area contributed by atoms with Crippen LogP contribution >= 0.6 is 0 Å². The van der Waals surface area contributed by atoms with E-state index in [0.29, 0.717) is 31.7 Å². The zero-order valence-corrected chi connectivity index (χ0v) is 16.0. The lowest BCUT2D eigenvalue weighted by Crippen LogP contribution is -2.58. The van der Waals surface area contributed by atoms with Crippen molar-refractivity contribution < 1.29 is 18.7 Å². The SMILES string of the molecule is C[C@H]1C(=O)N(Cc2cccc(F)c2)CC(=O)N1CCCOCc1ccccc1. The summed E-state index contributed by atoms with van der Waals surface area (Å²) in [5.74, 6) is -0.556. The summed E-state index contributed by atoms with van der Waals surface area (Å²) in [6.07, 6.45) is 0.667. The smallest absolute Gasteiger partial charge is 0.245 e. The Morgan fingerprint density at radius 1 is 1.07 bits per heavy atom. The molecule has 2 aromatic rings. The van der Waals surface area contributed by atoms with Crippen LogP contribution in [0.15, 0.2) is 54.6 Å². The standard InChI is InChI=1S/C22H25FN2O3/c1-17-22(27)24(14-19-9-5-10-20(23)13-19)15-21(26)25(17)11-6-12-28-16-18-7-3-2-4-8-18/h2-5,7-10,13,17H,6,11-12,14-16H2,1H3/t17-/m0/s1. The summed E-state index contributed by atoms with van der Waals surface area (Å²) in [4.78, 5) is 28.3. The zero-order chi connectivity index (χ0) is 19.9. The van der Waals surface area contributed by atoms with E-state index in [1.807, 2.05) is 30.3 Å². The van der Waals surface area contributed by atoms with Gasteiger partial charge >= 0.3 is 0 Å². The average molecular weight is 384 g/mol. The van der Waals surface area contributed by atoms with Crippen LogP contribution in [0.25, 0.3) is 0 Å². The van der Waals surface area contributed by atoms with E-state index >= 15 is 0 Å². The maximum absolute atomic E-state index is 13.4. The Bertz CT molecular complexity index is 812. The van der Waals surface area contributed by atoms with Gasteiger partial charge in [-0.15, -0.1) is 0 Å². The number of piperazine rings is 1. The number of carbonyl (C=O) groups is 2. The van der Waals surface area contributed by atoms with Crippen LogP contribution in [0.3, 0.4) is 0 Å². The van der Waals surface area contributed by atoms with Crippen molar-refractivity contribution in [2.75, 3.05) is 19.7 Å². The molecule has 0 saturated carbocycles. The molecule has 2 amide bonds. The fraction of sp³-hybridized carbons (Fsp3) is 0.364. The highest BCUT2D eigenvalue weighted by Crippen LogP contribution is 2.16. The number of benzene rings is 2. The number of hydrogen-bond acceptors (Lipinski definition) is 3. The summed E-state index contributed by atoms with van der Waals surface area (Å²) in [6.45, 7) is 3.53. The third-order valence-electron chi connectivity index (χ3n) is 4.84. The van der Waals surface area contributed by atoms with Crippen molar-refractivity contribution >= 4 is 11.8 Å². The molecule has 1 fully saturated rings. The van der Waals surface area contributed by atoms with Gasteiger partial charge in [0, 0.05) is 19.7 Å².